The Morgan fingerprint density at radius 3 is 2.40 bits per heavy atom. The number of carbonyl (C=O) groups excluding carboxylic acids is 2. The predicted molar refractivity (Wildman–Crippen MR) is 75.5 cm³/mol. The van der Waals surface area contributed by atoms with Gasteiger partial charge in [0.25, 0.3) is 0 Å². The van der Waals surface area contributed by atoms with Crippen LogP contribution in [0.25, 0.3) is 0 Å². The van der Waals surface area contributed by atoms with Crippen LogP contribution in [-0.2, 0) is 4.79 Å². The van der Waals surface area contributed by atoms with Gasteiger partial charge < -0.3 is 4.90 Å². The van der Waals surface area contributed by atoms with E-state index >= 15 is 0 Å². The lowest BCUT2D eigenvalue weighted by atomic mass is 10.0. The van der Waals surface area contributed by atoms with Gasteiger partial charge in [-0.15, -0.1) is 0 Å². The summed E-state index contributed by atoms with van der Waals surface area (Å²) < 4.78 is 13.7. The number of amides is 1. The number of nitrogens with zero attached hydrogens (tertiary/aromatic N) is 1. The number of hydrogen-bond acceptors (Lipinski definition) is 2. The summed E-state index contributed by atoms with van der Waals surface area (Å²) in [5.74, 6) is -0.902. The average Bonchev–Trinajstić information content (AvgIpc) is 2.48. The lowest BCUT2D eigenvalue weighted by Crippen LogP contribution is -2.13. The number of rotatable bonds is 4. The number of benzene rings is 2. The van der Waals surface area contributed by atoms with E-state index in [0.717, 1.165) is 5.56 Å². The third kappa shape index (κ3) is 2.74. The zero-order valence-corrected chi connectivity index (χ0v) is 11.3. The Labute approximate surface area is 116 Å². The fraction of sp³-hybridized carbons (Fsp3) is 0.125. The summed E-state index contributed by atoms with van der Waals surface area (Å²) in [5, 5.41) is 0. The van der Waals surface area contributed by atoms with Gasteiger partial charge in [-0.2, -0.15) is 0 Å². The quantitative estimate of drug-likeness (QED) is 0.633. The lowest BCUT2D eigenvalue weighted by molar-refractivity contribution is -0.107. The molecule has 0 bridgehead atoms. The molecule has 1 amide bonds. The molecule has 0 aliphatic carbocycles. The molecule has 3 nitrogen and oxygen atoms in total. The molecule has 2 aromatic rings. The Bertz CT molecular complexity index is 650. The number of ketones is 1. The molecule has 0 heterocycles. The van der Waals surface area contributed by atoms with E-state index in [-0.39, 0.29) is 11.3 Å². The van der Waals surface area contributed by atoms with Crippen molar-refractivity contribution < 1.29 is 14.0 Å². The van der Waals surface area contributed by atoms with Crippen molar-refractivity contribution in [2.75, 3.05) is 11.9 Å². The summed E-state index contributed by atoms with van der Waals surface area (Å²) in [6.45, 7) is 1.80. The molecule has 0 radical (unpaired) electrons. The molecule has 0 aliphatic rings. The van der Waals surface area contributed by atoms with Gasteiger partial charge >= 0.3 is 0 Å². The highest BCUT2D eigenvalue weighted by Gasteiger charge is 2.14. The summed E-state index contributed by atoms with van der Waals surface area (Å²) in [7, 11) is 1.62. The zero-order valence-electron chi connectivity index (χ0n) is 11.3. The molecule has 102 valence electrons. The van der Waals surface area contributed by atoms with Crippen LogP contribution in [0.5, 0.6) is 0 Å². The van der Waals surface area contributed by atoms with Crippen LogP contribution in [0.2, 0.25) is 0 Å². The van der Waals surface area contributed by atoms with E-state index in [0.29, 0.717) is 17.7 Å². The Morgan fingerprint density at radius 1 is 1.15 bits per heavy atom. The van der Waals surface area contributed by atoms with Crippen LogP contribution in [0.3, 0.4) is 0 Å². The van der Waals surface area contributed by atoms with Crippen LogP contribution in [0.15, 0.2) is 42.5 Å². The molecule has 2 aromatic carbocycles. The largest absolute Gasteiger partial charge is 0.318 e. The van der Waals surface area contributed by atoms with Gasteiger partial charge in [0.05, 0.1) is 5.56 Å². The monoisotopic (exact) mass is 271 g/mol. The van der Waals surface area contributed by atoms with Gasteiger partial charge in [-0.05, 0) is 43.3 Å². The maximum absolute atomic E-state index is 13.7. The van der Waals surface area contributed by atoms with Crippen molar-refractivity contribution in [2.24, 2.45) is 0 Å². The number of hydrogen-bond donors (Lipinski definition) is 0. The molecule has 4 heteroatoms. The van der Waals surface area contributed by atoms with Crippen molar-refractivity contribution in [1.29, 1.82) is 0 Å². The normalized spacial score (nSPS) is 10.2. The number of halogens is 1. The topological polar surface area (TPSA) is 37.4 Å². The summed E-state index contributed by atoms with van der Waals surface area (Å²) >= 11 is 0. The molecule has 0 spiro atoms. The molecule has 20 heavy (non-hydrogen) atoms. The van der Waals surface area contributed by atoms with E-state index in [1.807, 2.05) is 0 Å². The minimum atomic E-state index is -0.533. The van der Waals surface area contributed by atoms with Crippen molar-refractivity contribution in [3.05, 3.63) is 65.0 Å². The zero-order chi connectivity index (χ0) is 14.7. The van der Waals surface area contributed by atoms with Crippen LogP contribution >= 0.6 is 0 Å². The van der Waals surface area contributed by atoms with Crippen LogP contribution in [-0.4, -0.2) is 19.2 Å². The minimum Gasteiger partial charge on any atom is -0.318 e. The Morgan fingerprint density at radius 2 is 1.80 bits per heavy atom. The summed E-state index contributed by atoms with van der Waals surface area (Å²) in [6, 6.07) is 10.9. The van der Waals surface area contributed by atoms with Crippen molar-refractivity contribution >= 4 is 17.9 Å². The summed E-state index contributed by atoms with van der Waals surface area (Å²) in [5.41, 5.74) is 1.94. The first-order valence-electron chi connectivity index (χ1n) is 6.12. The lowest BCUT2D eigenvalue weighted by Gasteiger charge is -2.11. The summed E-state index contributed by atoms with van der Waals surface area (Å²) in [4.78, 5) is 24.3. The number of aryl methyl sites for hydroxylation is 1. The van der Waals surface area contributed by atoms with E-state index in [1.165, 1.54) is 17.0 Å². The molecule has 0 unspecified atom stereocenters. The second kappa shape index (κ2) is 5.65. The molecule has 0 aliphatic heterocycles. The molecule has 0 fully saturated rings. The minimum absolute atomic E-state index is 0.0569. The van der Waals surface area contributed by atoms with Gasteiger partial charge in [-0.3, -0.25) is 9.59 Å². The van der Waals surface area contributed by atoms with Crippen molar-refractivity contribution in [1.82, 2.24) is 0 Å². The van der Waals surface area contributed by atoms with Gasteiger partial charge in [0, 0.05) is 18.3 Å². The van der Waals surface area contributed by atoms with Gasteiger partial charge in [0.1, 0.15) is 5.82 Å². The molecule has 0 saturated heterocycles. The van der Waals surface area contributed by atoms with Gasteiger partial charge in [-0.25, -0.2) is 4.39 Å². The Hall–Kier alpha value is -2.49. The maximum atomic E-state index is 13.7. The predicted octanol–water partition coefficient (Wildman–Crippen LogP) is 2.96. The van der Waals surface area contributed by atoms with Crippen LogP contribution in [0.4, 0.5) is 10.1 Å². The SMILES string of the molecule is Cc1ccc(F)c(C(=O)c2ccc(N(C)C=O)cc2)c1. The molecule has 0 atom stereocenters. The van der Waals surface area contributed by atoms with Gasteiger partial charge in [0.15, 0.2) is 5.78 Å². The Kier molecular flexibility index (Phi) is 3.94. The van der Waals surface area contributed by atoms with Crippen molar-refractivity contribution in [3.63, 3.8) is 0 Å². The van der Waals surface area contributed by atoms with Crippen molar-refractivity contribution in [2.45, 2.75) is 6.92 Å². The van der Waals surface area contributed by atoms with Gasteiger partial charge in [0.2, 0.25) is 6.41 Å². The molecule has 0 N–H and O–H groups in total. The number of carbonyl (C=O) groups is 2. The average molecular weight is 271 g/mol. The van der Waals surface area contributed by atoms with E-state index in [9.17, 15) is 14.0 Å². The highest BCUT2D eigenvalue weighted by atomic mass is 19.1. The highest BCUT2D eigenvalue weighted by Crippen LogP contribution is 2.18. The van der Waals surface area contributed by atoms with E-state index in [4.69, 9.17) is 0 Å². The second-order valence-corrected chi connectivity index (χ2v) is 4.58. The molecular weight excluding hydrogens is 257 g/mol. The third-order valence-corrected chi connectivity index (χ3v) is 3.06. The van der Waals surface area contributed by atoms with E-state index in [2.05, 4.69) is 0 Å². The fourth-order valence-electron chi connectivity index (χ4n) is 1.88. The smallest absolute Gasteiger partial charge is 0.213 e. The molecule has 0 saturated carbocycles. The van der Waals surface area contributed by atoms with E-state index in [1.54, 1.807) is 44.3 Å². The number of anilines is 1. The van der Waals surface area contributed by atoms with Crippen LogP contribution in [0.1, 0.15) is 21.5 Å². The Balaban J connectivity index is 2.34. The molecule has 0 aromatic heterocycles. The third-order valence-electron chi connectivity index (χ3n) is 3.06. The van der Waals surface area contributed by atoms with Crippen LogP contribution in [0, 0.1) is 12.7 Å². The maximum Gasteiger partial charge on any atom is 0.213 e. The first kappa shape index (κ1) is 13.9. The summed E-state index contributed by atoms with van der Waals surface area (Å²) in [6.07, 6.45) is 0.678. The molecule has 2 rings (SSSR count). The van der Waals surface area contributed by atoms with Gasteiger partial charge in [-0.1, -0.05) is 11.6 Å². The fourth-order valence-corrected chi connectivity index (χ4v) is 1.88. The second-order valence-electron chi connectivity index (χ2n) is 4.58. The van der Waals surface area contributed by atoms with E-state index < -0.39 is 5.82 Å². The van der Waals surface area contributed by atoms with Crippen LogP contribution < -0.4 is 4.90 Å². The highest BCUT2D eigenvalue weighted by molar-refractivity contribution is 6.09. The first-order chi connectivity index (χ1) is 9.52. The van der Waals surface area contributed by atoms with Crippen molar-refractivity contribution in [3.8, 4) is 0 Å². The first-order valence-corrected chi connectivity index (χ1v) is 6.12. The standard InChI is InChI=1S/C16H14FNO2/c1-11-3-8-15(17)14(9-11)16(20)12-4-6-13(7-5-12)18(2)10-19/h3-10H,1-2H3. The molecular formula is C16H14FNO2.